The number of carbonyl (C=O) groups is 4. The molecule has 2 aliphatic heterocycles. The summed E-state index contributed by atoms with van der Waals surface area (Å²) in [7, 11) is -4.44. The van der Waals surface area contributed by atoms with E-state index in [0.29, 0.717) is 42.9 Å². The zero-order valence-electron chi connectivity index (χ0n) is 26.8. The predicted octanol–water partition coefficient (Wildman–Crippen LogP) is 5.51. The third kappa shape index (κ3) is 6.71. The molecule has 1 saturated heterocycles. The van der Waals surface area contributed by atoms with Gasteiger partial charge in [0.1, 0.15) is 5.57 Å². The van der Waals surface area contributed by atoms with E-state index in [1.54, 1.807) is 85.8 Å². The van der Waals surface area contributed by atoms with Crippen molar-refractivity contribution in [3.8, 4) is 0 Å². The van der Waals surface area contributed by atoms with Crippen LogP contribution in [0.1, 0.15) is 39.2 Å². The number of benzene rings is 3. The van der Waals surface area contributed by atoms with E-state index in [0.717, 1.165) is 21.2 Å². The Balaban J connectivity index is 1.51. The average Bonchev–Trinajstić information content (AvgIpc) is 3.27. The van der Waals surface area contributed by atoms with Crippen LogP contribution in [0.15, 0.2) is 119 Å². The van der Waals surface area contributed by atoms with Gasteiger partial charge in [-0.2, -0.15) is 8.42 Å². The molecule has 1 fully saturated rings. The number of para-hydroxylation sites is 2. The molecule has 2 aliphatic rings. The summed E-state index contributed by atoms with van der Waals surface area (Å²) in [4.78, 5) is 56.3. The van der Waals surface area contributed by atoms with Gasteiger partial charge >= 0.3 is 6.03 Å². The largest absolute Gasteiger partial charge is 0.356 e. The van der Waals surface area contributed by atoms with E-state index in [9.17, 15) is 32.1 Å². The number of hydrogen-bond acceptors (Lipinski definition) is 7. The predicted molar refractivity (Wildman–Crippen MR) is 183 cm³/mol. The van der Waals surface area contributed by atoms with Gasteiger partial charge < -0.3 is 10.2 Å². The molecule has 0 aromatic heterocycles. The zero-order valence-corrected chi connectivity index (χ0v) is 27.6. The molecule has 3 aromatic rings. The van der Waals surface area contributed by atoms with Gasteiger partial charge in [-0.25, -0.2) is 14.6 Å². The molecule has 3 aromatic carbocycles. The second kappa shape index (κ2) is 13.8. The molecule has 0 saturated carbocycles. The van der Waals surface area contributed by atoms with Crippen molar-refractivity contribution < 1.29 is 32.1 Å². The lowest BCUT2D eigenvalue weighted by molar-refractivity contribution is -0.122. The highest BCUT2D eigenvalue weighted by Gasteiger charge is 2.44. The van der Waals surface area contributed by atoms with Gasteiger partial charge in [-0.3, -0.25) is 18.9 Å². The first-order valence-corrected chi connectivity index (χ1v) is 16.9. The van der Waals surface area contributed by atoms with Crippen LogP contribution < -0.4 is 20.0 Å². The molecule has 5 amide bonds. The molecule has 248 valence electrons. The number of nitrogens with zero attached hydrogens (tertiary/aromatic N) is 3. The average molecular weight is 669 g/mol. The number of amides is 5. The summed E-state index contributed by atoms with van der Waals surface area (Å²) in [6.45, 7) is 6.55. The minimum atomic E-state index is -4.44. The van der Waals surface area contributed by atoms with Gasteiger partial charge in [0.25, 0.3) is 21.9 Å². The fourth-order valence-electron chi connectivity index (χ4n) is 5.80. The fraction of sp³-hybridized carbons (Fsp3) is 0.222. The van der Waals surface area contributed by atoms with E-state index in [2.05, 4.69) is 5.32 Å². The maximum atomic E-state index is 13.6. The molecular formula is C36H36N4O7S. The summed E-state index contributed by atoms with van der Waals surface area (Å²) < 4.78 is 33.6. The van der Waals surface area contributed by atoms with E-state index < -0.39 is 33.4 Å². The minimum absolute atomic E-state index is 0.0631. The first kappa shape index (κ1) is 34.0. The van der Waals surface area contributed by atoms with E-state index in [1.165, 1.54) is 18.2 Å². The summed E-state index contributed by atoms with van der Waals surface area (Å²) in [6, 6.07) is 20.4. The Labute approximate surface area is 279 Å². The maximum Gasteiger partial charge on any atom is 0.343 e. The van der Waals surface area contributed by atoms with Crippen molar-refractivity contribution >= 4 is 50.9 Å². The van der Waals surface area contributed by atoms with Crippen LogP contribution in [-0.4, -0.2) is 49.8 Å². The number of rotatable bonds is 10. The van der Waals surface area contributed by atoms with E-state index in [4.69, 9.17) is 0 Å². The lowest BCUT2D eigenvalue weighted by Gasteiger charge is -2.33. The standard InChI is InChI=1S/C36H36N4O7S/c1-4-32(41)37-22-13-23-38-30-21-20-27(48(45,46)47)24-29(30)36(2,3)31(38)19-12-11-18-28-33(42)39(25-14-7-5-8-15-25)35(44)40(34(28)43)26-16-9-6-10-17-26/h5-12,14-21,24H,4,13,22-23H2,1-3H3,(H,37,41)(H,45,46,47)/b12-11+,31-19+. The van der Waals surface area contributed by atoms with Crippen molar-refractivity contribution in [1.82, 2.24) is 5.32 Å². The highest BCUT2D eigenvalue weighted by molar-refractivity contribution is 7.85. The van der Waals surface area contributed by atoms with Gasteiger partial charge in [0.15, 0.2) is 0 Å². The van der Waals surface area contributed by atoms with Crippen LogP contribution in [0.4, 0.5) is 21.9 Å². The first-order valence-electron chi connectivity index (χ1n) is 15.4. The Morgan fingerprint density at radius 1 is 0.854 bits per heavy atom. The number of imide groups is 2. The summed E-state index contributed by atoms with van der Waals surface area (Å²) in [5, 5.41) is 2.86. The van der Waals surface area contributed by atoms with Crippen molar-refractivity contribution in [3.05, 3.63) is 120 Å². The van der Waals surface area contributed by atoms with E-state index in [1.807, 2.05) is 24.8 Å². The molecule has 0 aliphatic carbocycles. The molecule has 0 unspecified atom stereocenters. The summed E-state index contributed by atoms with van der Waals surface area (Å²) in [5.41, 5.74) is 1.93. The van der Waals surface area contributed by atoms with Crippen molar-refractivity contribution in [2.45, 2.75) is 43.9 Å². The van der Waals surface area contributed by atoms with Crippen LogP contribution in [0.5, 0.6) is 0 Å². The van der Waals surface area contributed by atoms with Crippen LogP contribution in [0.25, 0.3) is 0 Å². The maximum absolute atomic E-state index is 13.6. The zero-order chi connectivity index (χ0) is 34.6. The molecule has 48 heavy (non-hydrogen) atoms. The quantitative estimate of drug-likeness (QED) is 0.125. The molecular weight excluding hydrogens is 632 g/mol. The molecule has 0 bridgehead atoms. The Hall–Kier alpha value is -5.33. The van der Waals surface area contributed by atoms with Gasteiger partial charge in [0.2, 0.25) is 5.91 Å². The third-order valence-corrected chi connectivity index (χ3v) is 9.12. The molecule has 0 radical (unpaired) electrons. The lowest BCUT2D eigenvalue weighted by Crippen LogP contribution is -2.57. The summed E-state index contributed by atoms with van der Waals surface area (Å²) in [5.74, 6) is -1.59. The monoisotopic (exact) mass is 668 g/mol. The number of barbiturate groups is 1. The fourth-order valence-corrected chi connectivity index (χ4v) is 6.31. The number of hydrogen-bond donors (Lipinski definition) is 2. The van der Waals surface area contributed by atoms with Gasteiger partial charge in [0.05, 0.1) is 16.3 Å². The Morgan fingerprint density at radius 2 is 1.42 bits per heavy atom. The van der Waals surface area contributed by atoms with Crippen LogP contribution in [-0.2, 0) is 29.9 Å². The third-order valence-electron chi connectivity index (χ3n) is 8.27. The smallest absolute Gasteiger partial charge is 0.343 e. The van der Waals surface area contributed by atoms with Crippen molar-refractivity contribution in [2.24, 2.45) is 0 Å². The topological polar surface area (TPSA) is 144 Å². The highest BCUT2D eigenvalue weighted by Crippen LogP contribution is 2.48. The number of carbonyl (C=O) groups excluding carboxylic acids is 4. The lowest BCUT2D eigenvalue weighted by atomic mass is 9.83. The first-order chi connectivity index (χ1) is 22.9. The van der Waals surface area contributed by atoms with E-state index in [-0.39, 0.29) is 16.4 Å². The molecule has 5 rings (SSSR count). The van der Waals surface area contributed by atoms with Crippen molar-refractivity contribution in [1.29, 1.82) is 0 Å². The van der Waals surface area contributed by atoms with Gasteiger partial charge in [-0.05, 0) is 66.6 Å². The van der Waals surface area contributed by atoms with Crippen molar-refractivity contribution in [2.75, 3.05) is 27.8 Å². The molecule has 11 nitrogen and oxygen atoms in total. The number of urea groups is 1. The molecule has 2 heterocycles. The number of allylic oxidation sites excluding steroid dienone is 5. The van der Waals surface area contributed by atoms with Gasteiger partial charge in [-0.15, -0.1) is 0 Å². The van der Waals surface area contributed by atoms with Gasteiger partial charge in [0, 0.05) is 36.3 Å². The minimum Gasteiger partial charge on any atom is -0.356 e. The molecule has 0 atom stereocenters. The number of nitrogens with one attached hydrogen (secondary N) is 1. The number of fused-ring (bicyclic) bond motifs is 1. The molecule has 12 heteroatoms. The summed E-state index contributed by atoms with van der Waals surface area (Å²) in [6.07, 6.45) is 7.35. The Morgan fingerprint density at radius 3 is 1.96 bits per heavy atom. The van der Waals surface area contributed by atoms with Crippen LogP contribution >= 0.6 is 0 Å². The Kier molecular flexibility index (Phi) is 9.78. The van der Waals surface area contributed by atoms with Crippen LogP contribution in [0.3, 0.4) is 0 Å². The van der Waals surface area contributed by atoms with Crippen LogP contribution in [0, 0.1) is 0 Å². The molecule has 2 N–H and O–H groups in total. The SMILES string of the molecule is CCC(=O)NCCCN1/C(=C/C=C/C=C2C(=O)N(c3ccccc3)C(=O)N(c3ccccc3)C2=O)C(C)(C)c2cc(S(=O)(=O)O)ccc21. The summed E-state index contributed by atoms with van der Waals surface area (Å²) >= 11 is 0. The van der Waals surface area contributed by atoms with E-state index >= 15 is 0 Å². The highest BCUT2D eigenvalue weighted by atomic mass is 32.2. The van der Waals surface area contributed by atoms with Gasteiger partial charge in [-0.1, -0.05) is 69.3 Å². The van der Waals surface area contributed by atoms with Crippen LogP contribution in [0.2, 0.25) is 0 Å². The Bertz CT molecular complexity index is 1890. The second-order valence-electron chi connectivity index (χ2n) is 11.7. The molecule has 0 spiro atoms. The second-order valence-corrected chi connectivity index (χ2v) is 13.2. The van der Waals surface area contributed by atoms with Crippen molar-refractivity contribution in [3.63, 3.8) is 0 Å². The normalized spacial score (nSPS) is 17.0. The number of anilines is 3.